The first kappa shape index (κ1) is 22.9. The average molecular weight is 479 g/mol. The highest BCUT2D eigenvalue weighted by atomic mass is 32.2. The number of benzene rings is 3. The monoisotopic (exact) mass is 478 g/mol. The molecule has 4 aromatic rings. The maximum absolute atomic E-state index is 13.0. The smallest absolute Gasteiger partial charge is 0.262 e. The molecule has 174 valence electrons. The number of sulfonamides is 1. The molecule has 0 aliphatic rings. The van der Waals surface area contributed by atoms with E-state index in [0.29, 0.717) is 29.3 Å². The van der Waals surface area contributed by atoms with Crippen molar-refractivity contribution in [3.63, 3.8) is 0 Å². The van der Waals surface area contributed by atoms with Gasteiger partial charge in [0.25, 0.3) is 15.9 Å². The van der Waals surface area contributed by atoms with Crippen LogP contribution in [0.3, 0.4) is 0 Å². The van der Waals surface area contributed by atoms with E-state index in [1.807, 2.05) is 6.92 Å². The van der Waals surface area contributed by atoms with Crippen LogP contribution in [0, 0.1) is 6.92 Å². The van der Waals surface area contributed by atoms with Crippen LogP contribution in [0.5, 0.6) is 5.75 Å². The van der Waals surface area contributed by atoms with Gasteiger partial charge in [-0.05, 0) is 90.5 Å². The zero-order valence-corrected chi connectivity index (χ0v) is 19.3. The molecule has 0 radical (unpaired) electrons. The van der Waals surface area contributed by atoms with Crippen molar-refractivity contribution in [3.05, 3.63) is 84.2 Å². The zero-order chi connectivity index (χ0) is 24.1. The molecule has 3 aromatic carbocycles. The topological polar surface area (TPSA) is 128 Å². The van der Waals surface area contributed by atoms with Gasteiger partial charge in [-0.2, -0.15) is 0 Å². The summed E-state index contributed by atoms with van der Waals surface area (Å²) in [5.74, 6) is 0.207. The molecular weight excluding hydrogens is 456 g/mol. The van der Waals surface area contributed by atoms with E-state index in [9.17, 15) is 13.2 Å². The zero-order valence-electron chi connectivity index (χ0n) is 18.5. The Morgan fingerprint density at radius 3 is 2.35 bits per heavy atom. The first-order valence-corrected chi connectivity index (χ1v) is 11.8. The minimum atomic E-state index is -3.92. The Bertz CT molecular complexity index is 1390. The first-order chi connectivity index (χ1) is 16.4. The Labute approximate surface area is 196 Å². The molecule has 2 N–H and O–H groups in total. The van der Waals surface area contributed by atoms with Crippen LogP contribution < -0.4 is 14.8 Å². The quantitative estimate of drug-likeness (QED) is 0.397. The Morgan fingerprint density at radius 1 is 1.00 bits per heavy atom. The summed E-state index contributed by atoms with van der Waals surface area (Å²) in [5.41, 5.74) is 2.38. The van der Waals surface area contributed by atoms with E-state index >= 15 is 0 Å². The van der Waals surface area contributed by atoms with Crippen LogP contribution in [-0.4, -0.2) is 41.1 Å². The fourth-order valence-corrected chi connectivity index (χ4v) is 4.54. The Morgan fingerprint density at radius 2 is 1.71 bits per heavy atom. The van der Waals surface area contributed by atoms with E-state index in [0.717, 1.165) is 5.69 Å². The summed E-state index contributed by atoms with van der Waals surface area (Å²) in [7, 11) is -3.92. The first-order valence-electron chi connectivity index (χ1n) is 10.4. The average Bonchev–Trinajstić information content (AvgIpc) is 3.36. The minimum Gasteiger partial charge on any atom is -0.494 e. The van der Waals surface area contributed by atoms with Gasteiger partial charge in [-0.1, -0.05) is 6.07 Å². The van der Waals surface area contributed by atoms with E-state index in [4.69, 9.17) is 4.74 Å². The number of amides is 1. The van der Waals surface area contributed by atoms with Gasteiger partial charge >= 0.3 is 0 Å². The van der Waals surface area contributed by atoms with Gasteiger partial charge in [0.1, 0.15) is 12.1 Å². The van der Waals surface area contributed by atoms with Crippen LogP contribution in [0.25, 0.3) is 5.69 Å². The minimum absolute atomic E-state index is 0.0167. The molecule has 0 spiro atoms. The van der Waals surface area contributed by atoms with Gasteiger partial charge in [-0.15, -0.1) is 5.10 Å². The maximum atomic E-state index is 13.0. The van der Waals surface area contributed by atoms with Gasteiger partial charge in [0.2, 0.25) is 0 Å². The highest BCUT2D eigenvalue weighted by Gasteiger charge is 2.20. The van der Waals surface area contributed by atoms with Crippen LogP contribution in [0.4, 0.5) is 11.4 Å². The Hall–Kier alpha value is -4.25. The molecule has 1 heterocycles. The van der Waals surface area contributed by atoms with Crippen LogP contribution in [-0.2, 0) is 10.0 Å². The van der Waals surface area contributed by atoms with Crippen molar-refractivity contribution in [1.82, 2.24) is 20.2 Å². The highest BCUT2D eigenvalue weighted by molar-refractivity contribution is 7.92. The van der Waals surface area contributed by atoms with Crippen LogP contribution in [0.15, 0.2) is 78.0 Å². The Kier molecular flexibility index (Phi) is 6.55. The number of hydrogen-bond acceptors (Lipinski definition) is 7. The van der Waals surface area contributed by atoms with Crippen molar-refractivity contribution in [3.8, 4) is 11.4 Å². The largest absolute Gasteiger partial charge is 0.494 e. The van der Waals surface area contributed by atoms with Crippen molar-refractivity contribution < 1.29 is 17.9 Å². The highest BCUT2D eigenvalue weighted by Crippen LogP contribution is 2.23. The molecule has 4 rings (SSSR count). The van der Waals surface area contributed by atoms with E-state index in [2.05, 4.69) is 25.6 Å². The summed E-state index contributed by atoms with van der Waals surface area (Å²) < 4.78 is 35.5. The molecule has 1 aromatic heterocycles. The molecule has 34 heavy (non-hydrogen) atoms. The lowest BCUT2D eigenvalue weighted by Gasteiger charge is -2.13. The number of anilines is 2. The number of carbonyl (C=O) groups is 1. The number of rotatable bonds is 8. The number of ether oxygens (including phenoxy) is 1. The molecule has 0 unspecified atom stereocenters. The second kappa shape index (κ2) is 9.71. The number of tetrazole rings is 1. The van der Waals surface area contributed by atoms with Gasteiger partial charge in [-0.25, -0.2) is 13.1 Å². The molecule has 11 heteroatoms. The SMILES string of the molecule is CCOc1ccc(NS(=O)(=O)c2cc(C(=O)Nc3ccc(-n4cnnn4)cc3)ccc2C)cc1. The van der Waals surface area contributed by atoms with Gasteiger partial charge < -0.3 is 10.1 Å². The molecule has 1 amide bonds. The fraction of sp³-hybridized carbons (Fsp3) is 0.130. The molecular formula is C23H22N6O4S. The predicted octanol–water partition coefficient (Wildman–Crippen LogP) is 3.42. The summed E-state index contributed by atoms with van der Waals surface area (Å²) in [4.78, 5) is 12.8. The van der Waals surface area contributed by atoms with Crippen LogP contribution in [0.2, 0.25) is 0 Å². The number of aryl methyl sites for hydroxylation is 1. The fourth-order valence-electron chi connectivity index (χ4n) is 3.21. The van der Waals surface area contributed by atoms with E-state index < -0.39 is 15.9 Å². The third kappa shape index (κ3) is 5.21. The van der Waals surface area contributed by atoms with E-state index in [1.54, 1.807) is 67.6 Å². The third-order valence-corrected chi connectivity index (χ3v) is 6.42. The van der Waals surface area contributed by atoms with Crippen LogP contribution in [0.1, 0.15) is 22.8 Å². The standard InChI is InChI=1S/C23H22N6O4S/c1-3-33-21-12-8-19(9-13-21)26-34(31,32)22-14-17(5-4-16(22)2)23(30)25-18-6-10-20(11-7-18)29-15-24-27-28-29/h4-15,26H,3H2,1-2H3,(H,25,30). The van der Waals surface area contributed by atoms with E-state index in [1.165, 1.54) is 17.1 Å². The molecule has 0 fully saturated rings. The number of hydrogen-bond donors (Lipinski definition) is 2. The van der Waals surface area contributed by atoms with Crippen molar-refractivity contribution in [1.29, 1.82) is 0 Å². The second-order valence-electron chi connectivity index (χ2n) is 7.30. The predicted molar refractivity (Wildman–Crippen MR) is 127 cm³/mol. The lowest BCUT2D eigenvalue weighted by Crippen LogP contribution is -2.17. The van der Waals surface area contributed by atoms with Crippen molar-refractivity contribution in [2.24, 2.45) is 0 Å². The number of nitrogens with one attached hydrogen (secondary N) is 2. The summed E-state index contributed by atoms with van der Waals surface area (Å²) in [6, 6.07) is 18.0. The summed E-state index contributed by atoms with van der Waals surface area (Å²) in [6.07, 6.45) is 1.46. The van der Waals surface area contributed by atoms with Crippen molar-refractivity contribution in [2.75, 3.05) is 16.6 Å². The number of carbonyl (C=O) groups excluding carboxylic acids is 1. The molecule has 0 aliphatic carbocycles. The molecule has 0 aliphatic heterocycles. The number of nitrogens with zero attached hydrogens (tertiary/aromatic N) is 4. The van der Waals surface area contributed by atoms with Crippen molar-refractivity contribution in [2.45, 2.75) is 18.7 Å². The lowest BCUT2D eigenvalue weighted by atomic mass is 10.1. The van der Waals surface area contributed by atoms with Gasteiger partial charge in [0.15, 0.2) is 0 Å². The molecule has 0 bridgehead atoms. The normalized spacial score (nSPS) is 11.1. The number of aromatic nitrogens is 4. The summed E-state index contributed by atoms with van der Waals surface area (Å²) >= 11 is 0. The summed E-state index contributed by atoms with van der Waals surface area (Å²) in [5, 5.41) is 13.7. The molecule has 0 saturated heterocycles. The maximum Gasteiger partial charge on any atom is 0.262 e. The molecule has 10 nitrogen and oxygen atoms in total. The van der Waals surface area contributed by atoms with Crippen LogP contribution >= 0.6 is 0 Å². The van der Waals surface area contributed by atoms with E-state index in [-0.39, 0.29) is 10.5 Å². The van der Waals surface area contributed by atoms with Crippen molar-refractivity contribution >= 4 is 27.3 Å². The van der Waals surface area contributed by atoms with Gasteiger partial charge in [0, 0.05) is 16.9 Å². The third-order valence-electron chi connectivity index (χ3n) is 4.90. The second-order valence-corrected chi connectivity index (χ2v) is 8.95. The summed E-state index contributed by atoms with van der Waals surface area (Å²) in [6.45, 7) is 4.06. The van der Waals surface area contributed by atoms with Gasteiger partial charge in [-0.3, -0.25) is 9.52 Å². The molecule has 0 saturated carbocycles. The lowest BCUT2D eigenvalue weighted by molar-refractivity contribution is 0.102. The van der Waals surface area contributed by atoms with Gasteiger partial charge in [0.05, 0.1) is 17.2 Å². The Balaban J connectivity index is 1.51. The molecule has 0 atom stereocenters.